The Balaban J connectivity index is 1.08. The molecule has 4 nitrogen and oxygen atoms in total. The second kappa shape index (κ2) is 16.1. The maximum absolute atomic E-state index is 5.47. The fraction of sp³-hybridized carbons (Fsp3) is 0.0172. The van der Waals surface area contributed by atoms with Gasteiger partial charge in [0, 0.05) is 18.0 Å². The van der Waals surface area contributed by atoms with Gasteiger partial charge in [0.1, 0.15) is 0 Å². The molecule has 299 valence electrons. The summed E-state index contributed by atoms with van der Waals surface area (Å²) in [6.45, 7) is 0. The molecule has 0 saturated carbocycles. The summed E-state index contributed by atoms with van der Waals surface area (Å²) in [6.07, 6.45) is 3.75. The van der Waals surface area contributed by atoms with Crippen LogP contribution < -0.4 is 25.6 Å². The number of benzene rings is 8. The normalized spacial score (nSPS) is 12.9. The molecular weight excluding hydrogens is 781 g/mol. The number of nitrogens with zero attached hydrogens (tertiary/aromatic N) is 4. The maximum Gasteiger partial charge on any atom is 0.235 e. The second-order valence-electron chi connectivity index (χ2n) is 15.9. The van der Waals surface area contributed by atoms with Crippen molar-refractivity contribution in [1.29, 1.82) is 0 Å². The van der Waals surface area contributed by atoms with Crippen molar-refractivity contribution in [3.63, 3.8) is 0 Å². The zero-order valence-corrected chi connectivity index (χ0v) is 35.5. The molecule has 8 aromatic carbocycles. The summed E-state index contributed by atoms with van der Waals surface area (Å²) >= 11 is 0. The lowest BCUT2D eigenvalue weighted by Gasteiger charge is -2.47. The minimum absolute atomic E-state index is 0.614. The topological polar surface area (TPSA) is 41.9 Å². The van der Waals surface area contributed by atoms with Crippen LogP contribution in [0.1, 0.15) is 22.3 Å². The third kappa shape index (κ3) is 6.32. The van der Waals surface area contributed by atoms with Crippen LogP contribution in [0, 0.1) is 0 Å². The molecule has 0 aliphatic carbocycles. The Kier molecular flexibility index (Phi) is 9.72. The first-order valence-corrected chi connectivity index (χ1v) is 23.4. The molecule has 0 fully saturated rings. The van der Waals surface area contributed by atoms with E-state index in [1.54, 1.807) is 0 Å². The number of para-hydroxylation sites is 2. The molecule has 2 aromatic heterocycles. The van der Waals surface area contributed by atoms with Crippen molar-refractivity contribution in [2.75, 3.05) is 4.90 Å². The first-order chi connectivity index (χ1) is 31.3. The monoisotopic (exact) mass is 822 g/mol. The number of fused-ring (bicyclic) bond motifs is 2. The lowest BCUT2D eigenvalue weighted by molar-refractivity contribution is 0.729. The van der Waals surface area contributed by atoms with Crippen molar-refractivity contribution in [2.45, 2.75) is 5.41 Å². The van der Waals surface area contributed by atoms with Crippen LogP contribution in [0.3, 0.4) is 0 Å². The summed E-state index contributed by atoms with van der Waals surface area (Å²) in [5, 5.41) is 5.28. The average molecular weight is 823 g/mol. The van der Waals surface area contributed by atoms with Gasteiger partial charge in [-0.25, -0.2) is 9.97 Å². The Morgan fingerprint density at radius 2 is 0.857 bits per heavy atom. The highest BCUT2D eigenvalue weighted by atomic mass is 28.3. The SMILES string of the molecule is c1ccc(C2(c3ccc(-c4ccccn4)cc3)c3ccccc3N(c3nccc(-c4cccc([Si-](c5ccccc5)(c5ccccc5)c5ccccc5)c4)n3)c3ccccc32)cc1. The highest BCUT2D eigenvalue weighted by molar-refractivity contribution is 7.19. The average Bonchev–Trinajstić information content (AvgIpc) is 3.37. The molecule has 0 spiro atoms. The van der Waals surface area contributed by atoms with Gasteiger partial charge in [0.25, 0.3) is 0 Å². The molecule has 5 heteroatoms. The van der Waals surface area contributed by atoms with Gasteiger partial charge in [0.15, 0.2) is 0 Å². The van der Waals surface area contributed by atoms with Gasteiger partial charge < -0.3 is 0 Å². The molecule has 11 rings (SSSR count). The van der Waals surface area contributed by atoms with Crippen molar-refractivity contribution >= 4 is 46.1 Å². The fourth-order valence-corrected chi connectivity index (χ4v) is 14.8. The maximum atomic E-state index is 5.47. The van der Waals surface area contributed by atoms with Crippen molar-refractivity contribution in [1.82, 2.24) is 15.0 Å². The zero-order valence-electron chi connectivity index (χ0n) is 34.5. The number of hydrogen-bond donors (Lipinski definition) is 0. The lowest BCUT2D eigenvalue weighted by Crippen LogP contribution is -2.74. The quantitative estimate of drug-likeness (QED) is 0.107. The number of pyridine rings is 1. The predicted octanol–water partition coefficient (Wildman–Crippen LogP) is 10.7. The van der Waals surface area contributed by atoms with E-state index < -0.39 is 13.5 Å². The van der Waals surface area contributed by atoms with Crippen LogP contribution in [0.15, 0.2) is 255 Å². The standard InChI is InChI=1S/C58H42N4Si/c1-5-21-45(22-6-1)58(46-37-35-43(36-38-46)53-32-17-18-40-59-53)51-30-13-15-33-55(51)62(56-34-16-14-31-52(56)58)57-60-41-39-54(61-57)44-20-19-29-50(42-44)63(47-23-7-2-8-24-47,48-25-9-3-10-26-48)49-27-11-4-12-28-49/h1-42H/q-1. The van der Waals surface area contributed by atoms with E-state index in [0.717, 1.165) is 45.0 Å². The van der Waals surface area contributed by atoms with Crippen molar-refractivity contribution in [3.8, 4) is 22.5 Å². The summed E-state index contributed by atoms with van der Waals surface area (Å²) < 4.78 is 0. The van der Waals surface area contributed by atoms with E-state index in [1.165, 1.54) is 31.9 Å². The number of aromatic nitrogens is 3. The van der Waals surface area contributed by atoms with Crippen LogP contribution >= 0.6 is 0 Å². The van der Waals surface area contributed by atoms with Gasteiger partial charge >= 0.3 is 0 Å². The molecule has 0 amide bonds. The number of anilines is 3. The molecule has 1 aliphatic heterocycles. The van der Waals surface area contributed by atoms with Crippen LogP contribution in [0.4, 0.5) is 17.3 Å². The lowest BCUT2D eigenvalue weighted by atomic mass is 9.62. The molecule has 0 unspecified atom stereocenters. The van der Waals surface area contributed by atoms with Crippen molar-refractivity contribution < 1.29 is 0 Å². The van der Waals surface area contributed by atoms with Gasteiger partial charge in [-0.15, -0.1) is 0 Å². The largest absolute Gasteiger partial charge is 0.278 e. The minimum Gasteiger partial charge on any atom is -0.278 e. The summed E-state index contributed by atoms with van der Waals surface area (Å²) in [4.78, 5) is 17.4. The van der Waals surface area contributed by atoms with E-state index in [9.17, 15) is 0 Å². The second-order valence-corrected chi connectivity index (χ2v) is 19.8. The van der Waals surface area contributed by atoms with E-state index in [4.69, 9.17) is 9.97 Å². The van der Waals surface area contributed by atoms with Crippen molar-refractivity contribution in [2.24, 2.45) is 0 Å². The molecule has 63 heavy (non-hydrogen) atoms. The van der Waals surface area contributed by atoms with Crippen LogP contribution in [0.5, 0.6) is 0 Å². The van der Waals surface area contributed by atoms with Gasteiger partial charge in [0.05, 0.1) is 28.2 Å². The van der Waals surface area contributed by atoms with E-state index in [1.807, 2.05) is 30.6 Å². The van der Waals surface area contributed by atoms with Crippen LogP contribution in [0.25, 0.3) is 22.5 Å². The highest BCUT2D eigenvalue weighted by Gasteiger charge is 2.46. The van der Waals surface area contributed by atoms with Crippen LogP contribution in [0.2, 0.25) is 0 Å². The summed E-state index contributed by atoms with van der Waals surface area (Å²) in [5.74, 6) is 0.614. The Hall–Kier alpha value is -7.99. The molecule has 0 saturated heterocycles. The molecular formula is C58H42N4Si-. The Morgan fingerprint density at radius 1 is 0.349 bits per heavy atom. The first-order valence-electron chi connectivity index (χ1n) is 21.4. The van der Waals surface area contributed by atoms with Crippen LogP contribution in [-0.2, 0) is 5.41 Å². The third-order valence-electron chi connectivity index (χ3n) is 12.6. The Bertz CT molecular complexity index is 3020. The summed E-state index contributed by atoms with van der Waals surface area (Å²) in [6, 6.07) is 87.6. The smallest absolute Gasteiger partial charge is 0.235 e. The van der Waals surface area contributed by atoms with Gasteiger partial charge in [-0.1, -0.05) is 212 Å². The van der Waals surface area contributed by atoms with E-state index in [0.29, 0.717) is 5.95 Å². The molecule has 10 aromatic rings. The molecule has 0 N–H and O–H groups in total. The molecule has 0 bridgehead atoms. The molecule has 0 atom stereocenters. The third-order valence-corrected chi connectivity index (χ3v) is 17.4. The minimum atomic E-state index is -2.77. The summed E-state index contributed by atoms with van der Waals surface area (Å²) in [5.41, 5.74) is 10.0. The van der Waals surface area contributed by atoms with Gasteiger partial charge in [-0.05, 0) is 66.2 Å². The van der Waals surface area contributed by atoms with Gasteiger partial charge in [0.2, 0.25) is 5.95 Å². The van der Waals surface area contributed by atoms with Gasteiger partial charge in [-0.2, -0.15) is 20.7 Å². The van der Waals surface area contributed by atoms with E-state index >= 15 is 0 Å². The van der Waals surface area contributed by atoms with Crippen molar-refractivity contribution in [3.05, 3.63) is 277 Å². The zero-order chi connectivity index (χ0) is 42.1. The number of hydrogen-bond acceptors (Lipinski definition) is 4. The van der Waals surface area contributed by atoms with E-state index in [2.05, 4.69) is 234 Å². The fourth-order valence-electron chi connectivity index (χ4n) is 9.96. The molecule has 1 aliphatic rings. The summed E-state index contributed by atoms with van der Waals surface area (Å²) in [7, 11) is -2.77. The first kappa shape index (κ1) is 38.0. The Morgan fingerprint density at radius 3 is 1.43 bits per heavy atom. The van der Waals surface area contributed by atoms with Crippen LogP contribution in [-0.4, -0.2) is 23.0 Å². The predicted molar refractivity (Wildman–Crippen MR) is 261 cm³/mol. The Labute approximate surface area is 369 Å². The number of rotatable bonds is 9. The van der Waals surface area contributed by atoms with Gasteiger partial charge in [-0.3, -0.25) is 9.88 Å². The highest BCUT2D eigenvalue weighted by Crippen LogP contribution is 2.57. The van der Waals surface area contributed by atoms with E-state index in [-0.39, 0.29) is 0 Å². The molecule has 0 radical (unpaired) electrons. The molecule has 3 heterocycles.